The SMILES string of the molecule is CCN(C(=O)[C@H]1O[C@](O)(Cc2ccccc2)[C@]2(C3CCNC3)OC(C)(C)O[C@H]12)n1c(N)nc2c(NCC(c3ccccc3)c3ccccc3)ncnc21. The van der Waals surface area contributed by atoms with E-state index in [1.54, 1.807) is 0 Å². The zero-order chi connectivity index (χ0) is 36.8. The highest BCUT2D eigenvalue weighted by atomic mass is 16.8. The van der Waals surface area contributed by atoms with Crippen LogP contribution in [0.2, 0.25) is 0 Å². The molecule has 0 saturated carbocycles. The van der Waals surface area contributed by atoms with Crippen molar-refractivity contribution in [1.82, 2.24) is 24.9 Å². The molecule has 3 fully saturated rings. The Morgan fingerprint density at radius 2 is 1.68 bits per heavy atom. The molecule has 5 atom stereocenters. The Morgan fingerprint density at radius 3 is 2.30 bits per heavy atom. The number of imidazole rings is 1. The highest BCUT2D eigenvalue weighted by Gasteiger charge is 2.77. The van der Waals surface area contributed by atoms with Crippen molar-refractivity contribution in [3.63, 3.8) is 0 Å². The molecule has 2 aromatic heterocycles. The third-order valence-corrected chi connectivity index (χ3v) is 10.8. The van der Waals surface area contributed by atoms with Crippen molar-refractivity contribution in [3.05, 3.63) is 114 Å². The number of amides is 1. The van der Waals surface area contributed by atoms with Gasteiger partial charge >= 0.3 is 0 Å². The molecule has 13 nitrogen and oxygen atoms in total. The second-order valence-electron chi connectivity index (χ2n) is 14.5. The summed E-state index contributed by atoms with van der Waals surface area (Å²) in [5.74, 6) is -3.08. The fourth-order valence-corrected chi connectivity index (χ4v) is 8.53. The van der Waals surface area contributed by atoms with Gasteiger partial charge in [-0.05, 0) is 50.4 Å². The topological polar surface area (TPSA) is 162 Å². The number of hydrogen-bond acceptors (Lipinski definition) is 11. The summed E-state index contributed by atoms with van der Waals surface area (Å²) in [6.45, 7) is 7.49. The van der Waals surface area contributed by atoms with E-state index in [0.717, 1.165) is 29.7 Å². The summed E-state index contributed by atoms with van der Waals surface area (Å²) in [6, 6.07) is 30.1. The number of nitrogen functional groups attached to an aromatic ring is 1. The van der Waals surface area contributed by atoms with E-state index in [-0.39, 0.29) is 30.7 Å². The van der Waals surface area contributed by atoms with Crippen LogP contribution >= 0.6 is 0 Å². The lowest BCUT2D eigenvalue weighted by Gasteiger charge is -2.43. The average Bonchev–Trinajstić information content (AvgIpc) is 3.93. The van der Waals surface area contributed by atoms with Gasteiger partial charge in [-0.15, -0.1) is 0 Å². The quantitative estimate of drug-likeness (QED) is 0.156. The maximum atomic E-state index is 14.9. The molecule has 8 rings (SSSR count). The molecule has 3 saturated heterocycles. The molecule has 5 heterocycles. The zero-order valence-electron chi connectivity index (χ0n) is 30.2. The first-order chi connectivity index (χ1) is 25.6. The van der Waals surface area contributed by atoms with Gasteiger partial charge in [0.2, 0.25) is 11.7 Å². The van der Waals surface area contributed by atoms with E-state index in [4.69, 9.17) is 19.9 Å². The van der Waals surface area contributed by atoms with Crippen LogP contribution in [-0.2, 0) is 25.4 Å². The first-order valence-electron chi connectivity index (χ1n) is 18.3. The summed E-state index contributed by atoms with van der Waals surface area (Å²) < 4.78 is 21.4. The summed E-state index contributed by atoms with van der Waals surface area (Å²) in [6.07, 6.45) is 0.0884. The predicted octanol–water partition coefficient (Wildman–Crippen LogP) is 3.97. The number of nitrogens with two attached hydrogens (primary N) is 1. The number of aromatic nitrogens is 4. The summed E-state index contributed by atoms with van der Waals surface area (Å²) in [7, 11) is 0. The molecular formula is C40H46N8O5. The minimum Gasteiger partial charge on any atom is -0.368 e. The van der Waals surface area contributed by atoms with Crippen molar-refractivity contribution in [3.8, 4) is 0 Å². The van der Waals surface area contributed by atoms with Crippen LogP contribution in [0.15, 0.2) is 97.3 Å². The van der Waals surface area contributed by atoms with Crippen molar-refractivity contribution in [1.29, 1.82) is 0 Å². The van der Waals surface area contributed by atoms with Gasteiger partial charge in [-0.3, -0.25) is 4.79 Å². The van der Waals surface area contributed by atoms with Gasteiger partial charge in [0.1, 0.15) is 12.4 Å². The smallest absolute Gasteiger partial charge is 0.273 e. The van der Waals surface area contributed by atoms with Crippen LogP contribution in [-0.4, -0.2) is 86.2 Å². The Labute approximate surface area is 308 Å². The molecule has 3 aliphatic heterocycles. The van der Waals surface area contributed by atoms with E-state index in [1.807, 2.05) is 87.5 Å². The van der Waals surface area contributed by atoms with Crippen LogP contribution in [0.5, 0.6) is 0 Å². The van der Waals surface area contributed by atoms with Crippen LogP contribution in [0.4, 0.5) is 11.8 Å². The Balaban J connectivity index is 1.13. The zero-order valence-corrected chi connectivity index (χ0v) is 30.2. The number of nitrogens with one attached hydrogen (secondary N) is 2. The molecule has 0 aliphatic carbocycles. The summed E-state index contributed by atoms with van der Waals surface area (Å²) >= 11 is 0. The lowest BCUT2D eigenvalue weighted by atomic mass is 9.74. The van der Waals surface area contributed by atoms with Gasteiger partial charge in [0.25, 0.3) is 5.91 Å². The lowest BCUT2D eigenvalue weighted by molar-refractivity contribution is -0.311. The van der Waals surface area contributed by atoms with Crippen LogP contribution in [0, 0.1) is 5.92 Å². The van der Waals surface area contributed by atoms with Gasteiger partial charge in [0.05, 0.1) is 0 Å². The minimum absolute atomic E-state index is 0.0259. The first kappa shape index (κ1) is 35.1. The molecule has 53 heavy (non-hydrogen) atoms. The Bertz CT molecular complexity index is 2020. The number of anilines is 2. The molecule has 0 radical (unpaired) electrons. The van der Waals surface area contributed by atoms with Crippen molar-refractivity contribution >= 4 is 28.8 Å². The fraction of sp³-hybridized carbons (Fsp3) is 0.400. The number of rotatable bonds is 11. The monoisotopic (exact) mass is 718 g/mol. The van der Waals surface area contributed by atoms with E-state index < -0.39 is 35.3 Å². The van der Waals surface area contributed by atoms with Gasteiger partial charge in [-0.1, -0.05) is 91.0 Å². The highest BCUT2D eigenvalue weighted by Crippen LogP contribution is 2.57. The minimum atomic E-state index is -1.89. The summed E-state index contributed by atoms with van der Waals surface area (Å²) in [5, 5.41) is 21.0. The van der Waals surface area contributed by atoms with E-state index in [9.17, 15) is 9.90 Å². The van der Waals surface area contributed by atoms with Crippen molar-refractivity contribution in [2.75, 3.05) is 42.2 Å². The third-order valence-electron chi connectivity index (χ3n) is 10.8. The first-order valence-corrected chi connectivity index (χ1v) is 18.3. The standard InChI is InChI=1S/C40H46N8O5/c1-4-47(36(49)32-33-40(29-20-21-42-23-29,53-38(2,3)52-33)39(50,51-32)22-26-14-8-5-9-15-26)48-35-31(46-37(48)41)34(44-25-45-35)43-24-30(27-16-10-6-11-17-27)28-18-12-7-13-19-28/h5-19,25,29-30,32-33,42,50H,4,20-24H2,1-3H3,(H2,41,46)(H,43,44,45)/t29?,32-,33+,39+,40+/m0/s1. The molecule has 0 bridgehead atoms. The second kappa shape index (κ2) is 13.8. The number of hydrogen-bond donors (Lipinski definition) is 4. The van der Waals surface area contributed by atoms with Crippen molar-refractivity contribution in [2.45, 2.75) is 68.9 Å². The maximum Gasteiger partial charge on any atom is 0.273 e. The third kappa shape index (κ3) is 6.12. The van der Waals surface area contributed by atoms with E-state index in [0.29, 0.717) is 30.1 Å². The van der Waals surface area contributed by atoms with E-state index in [2.05, 4.69) is 49.9 Å². The van der Waals surface area contributed by atoms with E-state index in [1.165, 1.54) is 16.0 Å². The van der Waals surface area contributed by atoms with Gasteiger partial charge in [-0.2, -0.15) is 4.68 Å². The molecule has 13 heteroatoms. The number of benzene rings is 3. The maximum absolute atomic E-state index is 14.9. The highest BCUT2D eigenvalue weighted by molar-refractivity contribution is 5.94. The van der Waals surface area contributed by atoms with Gasteiger partial charge < -0.3 is 35.7 Å². The van der Waals surface area contributed by atoms with Gasteiger partial charge in [0, 0.05) is 37.9 Å². The Morgan fingerprint density at radius 1 is 1.02 bits per heavy atom. The lowest BCUT2D eigenvalue weighted by Crippen LogP contribution is -2.62. The van der Waals surface area contributed by atoms with Gasteiger partial charge in [0.15, 0.2) is 34.5 Å². The van der Waals surface area contributed by atoms with Gasteiger partial charge in [-0.25, -0.2) is 20.0 Å². The number of ether oxygens (including phenoxy) is 3. The average molecular weight is 719 g/mol. The van der Waals surface area contributed by atoms with Crippen LogP contribution in [0.25, 0.3) is 11.2 Å². The molecule has 276 valence electrons. The number of carbonyl (C=O) groups is 1. The molecule has 1 amide bonds. The Kier molecular flexibility index (Phi) is 9.15. The summed E-state index contributed by atoms with van der Waals surface area (Å²) in [4.78, 5) is 28.7. The molecule has 0 spiro atoms. The molecule has 1 unspecified atom stereocenters. The van der Waals surface area contributed by atoms with Crippen molar-refractivity contribution in [2.24, 2.45) is 5.92 Å². The van der Waals surface area contributed by atoms with Crippen LogP contribution in [0.1, 0.15) is 49.8 Å². The number of carbonyl (C=O) groups excluding carboxylic acids is 1. The largest absolute Gasteiger partial charge is 0.368 e. The van der Waals surface area contributed by atoms with Crippen LogP contribution < -0.4 is 21.4 Å². The second-order valence-corrected chi connectivity index (χ2v) is 14.5. The molecule has 5 aromatic rings. The normalized spacial score (nSPS) is 26.2. The molecule has 5 N–H and O–H groups in total. The van der Waals surface area contributed by atoms with Crippen LogP contribution in [0.3, 0.4) is 0 Å². The predicted molar refractivity (Wildman–Crippen MR) is 200 cm³/mol. The number of fused-ring (bicyclic) bond motifs is 2. The fourth-order valence-electron chi connectivity index (χ4n) is 8.53. The Hall–Kier alpha value is -4.92. The van der Waals surface area contributed by atoms with E-state index >= 15 is 0 Å². The molecular weight excluding hydrogens is 672 g/mol. The summed E-state index contributed by atoms with van der Waals surface area (Å²) in [5.41, 5.74) is 9.18. The van der Waals surface area contributed by atoms with Crippen molar-refractivity contribution < 1.29 is 24.1 Å². The number of aliphatic hydroxyl groups is 1. The molecule has 3 aliphatic rings. The number of likely N-dealkylation sites (N-methyl/N-ethyl adjacent to an activating group) is 1. The number of nitrogens with zero attached hydrogens (tertiary/aromatic N) is 5. The molecule has 3 aromatic carbocycles.